The summed E-state index contributed by atoms with van der Waals surface area (Å²) in [5, 5.41) is 11.9. The Morgan fingerprint density at radius 2 is 2.33 bits per heavy atom. The summed E-state index contributed by atoms with van der Waals surface area (Å²) in [5.74, 6) is 0.932. The van der Waals surface area contributed by atoms with E-state index >= 15 is 0 Å². The Morgan fingerprint density at radius 1 is 1.67 bits per heavy atom. The Bertz CT molecular complexity index is 396. The highest BCUT2D eigenvalue weighted by molar-refractivity contribution is 5.86. The van der Waals surface area contributed by atoms with Gasteiger partial charge in [0.15, 0.2) is 0 Å². The molecule has 1 amide bonds. The van der Waals surface area contributed by atoms with Crippen molar-refractivity contribution in [2.24, 2.45) is 5.92 Å². The summed E-state index contributed by atoms with van der Waals surface area (Å²) in [6, 6.07) is -0.716. The third-order valence-electron chi connectivity index (χ3n) is 2.85. The van der Waals surface area contributed by atoms with Crippen LogP contribution in [0, 0.1) is 17.8 Å². The number of carbonyl (C=O) groups is 1. The third-order valence-corrected chi connectivity index (χ3v) is 2.85. The van der Waals surface area contributed by atoms with Crippen molar-refractivity contribution in [2.45, 2.75) is 44.8 Å². The van der Waals surface area contributed by atoms with Gasteiger partial charge in [-0.2, -0.15) is 8.78 Å². The highest BCUT2D eigenvalue weighted by Gasteiger charge is 2.47. The Hall–Kier alpha value is -1.41. The second kappa shape index (κ2) is 5.96. The van der Waals surface area contributed by atoms with Crippen LogP contribution in [-0.4, -0.2) is 29.1 Å². The number of alkyl halides is 2. The van der Waals surface area contributed by atoms with Gasteiger partial charge < -0.3 is 10.4 Å². The normalized spacial score (nSPS) is 25.4. The number of hydrogen-bond acceptors (Lipinski definition) is 2. The van der Waals surface area contributed by atoms with E-state index in [1.165, 1.54) is 12.2 Å². The van der Waals surface area contributed by atoms with Crippen LogP contribution in [-0.2, 0) is 4.79 Å². The van der Waals surface area contributed by atoms with E-state index < -0.39 is 30.4 Å². The van der Waals surface area contributed by atoms with Gasteiger partial charge in [0.25, 0.3) is 5.91 Å². The molecule has 18 heavy (non-hydrogen) atoms. The Balaban J connectivity index is 2.49. The van der Waals surface area contributed by atoms with Gasteiger partial charge in [-0.1, -0.05) is 19.1 Å². The molecule has 5 heteroatoms. The molecule has 3 atom stereocenters. The zero-order valence-corrected chi connectivity index (χ0v) is 10.4. The molecule has 100 valence electrons. The Morgan fingerprint density at radius 3 is 2.83 bits per heavy atom. The van der Waals surface area contributed by atoms with Crippen LogP contribution in [0.5, 0.6) is 0 Å². The average Bonchev–Trinajstić information content (AvgIpc) is 2.57. The number of carbonyl (C=O) groups excluding carboxylic acids is 1. The molecule has 1 aliphatic heterocycles. The van der Waals surface area contributed by atoms with E-state index in [0.29, 0.717) is 6.42 Å². The fraction of sp³-hybridized carbons (Fsp3) is 0.615. The van der Waals surface area contributed by atoms with Crippen LogP contribution in [0.4, 0.5) is 8.78 Å². The van der Waals surface area contributed by atoms with Crippen LogP contribution < -0.4 is 5.32 Å². The van der Waals surface area contributed by atoms with Gasteiger partial charge in [0.1, 0.15) is 0 Å². The number of rotatable bonds is 4. The highest BCUT2D eigenvalue weighted by Crippen LogP contribution is 2.27. The number of hydrogen-bond donors (Lipinski definition) is 2. The van der Waals surface area contributed by atoms with E-state index in [0.717, 1.165) is 0 Å². The van der Waals surface area contributed by atoms with E-state index in [1.54, 1.807) is 6.92 Å². The summed E-state index contributed by atoms with van der Waals surface area (Å²) in [6.07, 6.45) is 2.08. The van der Waals surface area contributed by atoms with E-state index in [-0.39, 0.29) is 5.92 Å². The third kappa shape index (κ3) is 3.81. The van der Waals surface area contributed by atoms with Gasteiger partial charge in [0.2, 0.25) is 0 Å². The number of aliphatic hydroxyl groups excluding tert-OH is 1. The minimum absolute atomic E-state index is 0.0775. The molecule has 1 fully saturated rings. The van der Waals surface area contributed by atoms with Crippen molar-refractivity contribution in [1.29, 1.82) is 0 Å². The molecule has 0 aromatic heterocycles. The van der Waals surface area contributed by atoms with Crippen LogP contribution in [0.1, 0.15) is 26.7 Å². The molecule has 0 aromatic rings. The lowest BCUT2D eigenvalue weighted by atomic mass is 10.00. The van der Waals surface area contributed by atoms with Gasteiger partial charge in [-0.05, 0) is 12.8 Å². The molecule has 3 nitrogen and oxygen atoms in total. The lowest BCUT2D eigenvalue weighted by molar-refractivity contribution is -0.139. The fourth-order valence-electron chi connectivity index (χ4n) is 1.63. The topological polar surface area (TPSA) is 49.3 Å². The standard InChI is InChI=1S/C13H17F2NO2/c1-3-4-5-9(2)11(17)7-6-10-8-13(14,15)12(18)16-10/h6-7,9-11,17H,5,8H2,1-2H3,(H,16,18)/b7-6+/t9-,10+,11+/m1/s1. The Labute approximate surface area is 105 Å². The van der Waals surface area contributed by atoms with Crippen molar-refractivity contribution >= 4 is 5.91 Å². The maximum absolute atomic E-state index is 12.9. The number of nitrogens with one attached hydrogen (secondary N) is 1. The van der Waals surface area contributed by atoms with Gasteiger partial charge >= 0.3 is 5.92 Å². The van der Waals surface area contributed by atoms with Crippen LogP contribution >= 0.6 is 0 Å². The van der Waals surface area contributed by atoms with Gasteiger partial charge in [-0.3, -0.25) is 4.79 Å². The maximum atomic E-state index is 12.9. The molecular formula is C13H17F2NO2. The molecule has 1 heterocycles. The van der Waals surface area contributed by atoms with Gasteiger partial charge in [0.05, 0.1) is 12.1 Å². The molecule has 1 rings (SSSR count). The molecule has 0 aliphatic carbocycles. The first kappa shape index (κ1) is 14.7. The minimum Gasteiger partial charge on any atom is -0.389 e. The summed E-state index contributed by atoms with van der Waals surface area (Å²) in [6.45, 7) is 3.53. The minimum atomic E-state index is -3.31. The smallest absolute Gasteiger partial charge is 0.326 e. The van der Waals surface area contributed by atoms with Crippen molar-refractivity contribution < 1.29 is 18.7 Å². The van der Waals surface area contributed by atoms with Crippen LogP contribution in [0.25, 0.3) is 0 Å². The number of aliphatic hydroxyl groups is 1. The molecule has 0 unspecified atom stereocenters. The van der Waals surface area contributed by atoms with Crippen molar-refractivity contribution in [3.63, 3.8) is 0 Å². The van der Waals surface area contributed by atoms with Crippen LogP contribution in [0.2, 0.25) is 0 Å². The predicted molar refractivity (Wildman–Crippen MR) is 63.9 cm³/mol. The van der Waals surface area contributed by atoms with Crippen LogP contribution in [0.15, 0.2) is 12.2 Å². The van der Waals surface area contributed by atoms with E-state index in [1.807, 2.05) is 6.92 Å². The molecule has 2 N–H and O–H groups in total. The first-order chi connectivity index (χ1) is 8.36. The highest BCUT2D eigenvalue weighted by atomic mass is 19.3. The number of amides is 1. The summed E-state index contributed by atoms with van der Waals surface area (Å²) >= 11 is 0. The largest absolute Gasteiger partial charge is 0.389 e. The monoisotopic (exact) mass is 257 g/mol. The van der Waals surface area contributed by atoms with Gasteiger partial charge in [-0.25, -0.2) is 0 Å². The Kier molecular flexibility index (Phi) is 4.85. The van der Waals surface area contributed by atoms with Gasteiger partial charge in [0, 0.05) is 12.8 Å². The van der Waals surface area contributed by atoms with Gasteiger partial charge in [-0.15, -0.1) is 11.8 Å². The van der Waals surface area contributed by atoms with E-state index in [2.05, 4.69) is 17.2 Å². The van der Waals surface area contributed by atoms with E-state index in [9.17, 15) is 18.7 Å². The molecular weight excluding hydrogens is 240 g/mol. The van der Waals surface area contributed by atoms with E-state index in [4.69, 9.17) is 0 Å². The lowest BCUT2D eigenvalue weighted by Gasteiger charge is -2.13. The van der Waals surface area contributed by atoms with Crippen molar-refractivity contribution in [3.05, 3.63) is 12.2 Å². The molecule has 1 aliphatic rings. The maximum Gasteiger partial charge on any atom is 0.326 e. The van der Waals surface area contributed by atoms with Crippen molar-refractivity contribution in [1.82, 2.24) is 5.32 Å². The summed E-state index contributed by atoms with van der Waals surface area (Å²) in [5.41, 5.74) is 0. The first-order valence-electron chi connectivity index (χ1n) is 5.81. The fourth-order valence-corrected chi connectivity index (χ4v) is 1.63. The number of halogens is 2. The molecule has 1 saturated heterocycles. The summed E-state index contributed by atoms with van der Waals surface area (Å²) in [7, 11) is 0. The molecule has 0 spiro atoms. The zero-order chi connectivity index (χ0) is 13.8. The summed E-state index contributed by atoms with van der Waals surface area (Å²) in [4.78, 5) is 10.9. The molecule has 0 saturated carbocycles. The summed E-state index contributed by atoms with van der Waals surface area (Å²) < 4.78 is 25.8. The first-order valence-corrected chi connectivity index (χ1v) is 5.81. The zero-order valence-electron chi connectivity index (χ0n) is 10.4. The quantitative estimate of drug-likeness (QED) is 0.592. The SMILES string of the molecule is CC#CC[C@@H](C)[C@@H](O)/C=C/[C@H]1CC(F)(F)C(=O)N1. The van der Waals surface area contributed by atoms with Crippen LogP contribution in [0.3, 0.4) is 0 Å². The second-order valence-corrected chi connectivity index (χ2v) is 4.47. The second-order valence-electron chi connectivity index (χ2n) is 4.47. The van der Waals surface area contributed by atoms with Crippen molar-refractivity contribution in [2.75, 3.05) is 0 Å². The lowest BCUT2D eigenvalue weighted by Crippen LogP contribution is -2.30. The molecule has 0 bridgehead atoms. The average molecular weight is 257 g/mol. The molecule has 0 aromatic carbocycles. The molecule has 0 radical (unpaired) electrons. The predicted octanol–water partition coefficient (Wildman–Crippen LogP) is 1.48. The van der Waals surface area contributed by atoms with Crippen molar-refractivity contribution in [3.8, 4) is 11.8 Å².